The molecule has 2 aliphatic rings. The molecule has 4 aromatic carbocycles. The van der Waals surface area contributed by atoms with Gasteiger partial charge in [0.1, 0.15) is 5.58 Å². The van der Waals surface area contributed by atoms with Crippen LogP contribution in [0.4, 0.5) is 17.1 Å². The molecule has 0 saturated heterocycles. The maximum absolute atomic E-state index is 6.15. The fraction of sp³-hybridized carbons (Fsp3) is 0.231. The fourth-order valence-corrected chi connectivity index (χ4v) is 7.46. The van der Waals surface area contributed by atoms with Gasteiger partial charge >= 0.3 is 20.1 Å². The van der Waals surface area contributed by atoms with E-state index in [2.05, 4.69) is 106 Å². The molecule has 6 aromatic rings. The molecule has 44 heavy (non-hydrogen) atoms. The Balaban J connectivity index is 0.000000222. The predicted octanol–water partition coefficient (Wildman–Crippen LogP) is 9.91. The number of hydrogen-bond donors (Lipinski definition) is 0. The second-order valence-corrected chi connectivity index (χ2v) is 13.0. The Bertz CT molecular complexity index is 1920. The Morgan fingerprint density at radius 1 is 0.864 bits per heavy atom. The number of benzene rings is 4. The van der Waals surface area contributed by atoms with Crippen LogP contribution in [0.25, 0.3) is 33.2 Å². The first kappa shape index (κ1) is 30.1. The first-order valence-electron chi connectivity index (χ1n) is 14.9. The summed E-state index contributed by atoms with van der Waals surface area (Å²) in [4.78, 5) is 8.73. The van der Waals surface area contributed by atoms with Gasteiger partial charge in [0.25, 0.3) is 0 Å². The molecule has 0 bridgehead atoms. The van der Waals surface area contributed by atoms with E-state index < -0.39 is 0 Å². The van der Waals surface area contributed by atoms with E-state index in [0.29, 0.717) is 0 Å². The molecule has 3 heterocycles. The Morgan fingerprint density at radius 3 is 2.39 bits per heavy atom. The summed E-state index contributed by atoms with van der Waals surface area (Å²) in [7, 11) is 2.14. The molecule has 0 spiro atoms. The summed E-state index contributed by atoms with van der Waals surface area (Å²) in [5.74, 6) is 0. The number of nitrogens with zero attached hydrogens (tertiary/aromatic N) is 3. The predicted molar refractivity (Wildman–Crippen MR) is 178 cm³/mol. The smallest absolute Gasteiger partial charge is 0.504 e. The summed E-state index contributed by atoms with van der Waals surface area (Å²) in [6.45, 7) is 14.0. The summed E-state index contributed by atoms with van der Waals surface area (Å²) in [5.41, 5.74) is 12.1. The van der Waals surface area contributed by atoms with Crippen LogP contribution in [-0.2, 0) is 30.9 Å². The van der Waals surface area contributed by atoms with E-state index in [9.17, 15) is 0 Å². The van der Waals surface area contributed by atoms with Crippen molar-refractivity contribution < 1.29 is 24.5 Å². The third-order valence-electron chi connectivity index (χ3n) is 8.92. The number of hydrogen-bond acceptors (Lipinski definition) is 4. The molecule has 0 atom stereocenters. The number of fused-ring (bicyclic) bond motifs is 5. The van der Waals surface area contributed by atoms with Gasteiger partial charge in [0.05, 0.1) is 0 Å². The van der Waals surface area contributed by atoms with Gasteiger partial charge in [0, 0.05) is 23.2 Å². The zero-order chi connectivity index (χ0) is 29.9. The van der Waals surface area contributed by atoms with Gasteiger partial charge in [-0.1, -0.05) is 63.4 Å². The third-order valence-corrected chi connectivity index (χ3v) is 8.92. The SMILES string of the molecule is Cc1c2c(cc3c1C(C)(C)CC3(C)C)N(c1[c-]cc3c(c1)oc1ccccc13)[CH-]N2C.[Ir+3].[c-]1ccccc1-c1ccccn1. The van der Waals surface area contributed by atoms with E-state index in [1.807, 2.05) is 54.6 Å². The van der Waals surface area contributed by atoms with Gasteiger partial charge in [-0.25, -0.2) is 0 Å². The van der Waals surface area contributed by atoms with Crippen molar-refractivity contribution in [2.45, 2.75) is 51.9 Å². The van der Waals surface area contributed by atoms with Crippen molar-refractivity contribution in [1.82, 2.24) is 4.98 Å². The monoisotopic (exact) mass is 755 g/mol. The molecule has 0 unspecified atom stereocenters. The molecule has 4 nitrogen and oxygen atoms in total. The molecule has 0 radical (unpaired) electrons. The van der Waals surface area contributed by atoms with E-state index in [1.54, 1.807) is 6.20 Å². The molecular formula is C39H36IrN3O. The molecule has 8 rings (SSSR count). The quantitative estimate of drug-likeness (QED) is 0.165. The largest absolute Gasteiger partial charge is 3.00 e. The van der Waals surface area contributed by atoms with Crippen molar-refractivity contribution in [2.75, 3.05) is 16.8 Å². The average molecular weight is 755 g/mol. The van der Waals surface area contributed by atoms with Crippen molar-refractivity contribution in [2.24, 2.45) is 0 Å². The summed E-state index contributed by atoms with van der Waals surface area (Å²) in [6, 6.07) is 35.1. The van der Waals surface area contributed by atoms with E-state index in [4.69, 9.17) is 4.42 Å². The van der Waals surface area contributed by atoms with E-state index in [-0.39, 0.29) is 30.9 Å². The van der Waals surface area contributed by atoms with Gasteiger partial charge in [-0.2, -0.15) is 18.8 Å². The summed E-state index contributed by atoms with van der Waals surface area (Å²) >= 11 is 0. The molecule has 5 heteroatoms. The number of aromatic nitrogens is 1. The maximum Gasteiger partial charge on any atom is 3.00 e. The van der Waals surface area contributed by atoms with Gasteiger partial charge < -0.3 is 19.2 Å². The Hall–Kier alpha value is -3.92. The van der Waals surface area contributed by atoms with Crippen LogP contribution in [0.2, 0.25) is 0 Å². The van der Waals surface area contributed by atoms with Crippen LogP contribution in [0.3, 0.4) is 0 Å². The van der Waals surface area contributed by atoms with Gasteiger partial charge in [-0.05, 0) is 77.2 Å². The second kappa shape index (κ2) is 11.2. The van der Waals surface area contributed by atoms with Gasteiger partial charge in [0.2, 0.25) is 0 Å². The Labute approximate surface area is 274 Å². The fourth-order valence-electron chi connectivity index (χ4n) is 7.46. The molecule has 222 valence electrons. The minimum atomic E-state index is 0. The Morgan fingerprint density at radius 2 is 1.64 bits per heavy atom. The van der Waals surface area contributed by atoms with Crippen LogP contribution in [0.1, 0.15) is 50.8 Å². The number of para-hydroxylation sites is 1. The van der Waals surface area contributed by atoms with Crippen molar-refractivity contribution in [3.8, 4) is 11.3 Å². The number of pyridine rings is 1. The standard InChI is InChI=1S/C28H28N2O.C11H8N.Ir/c1-17-25-21(27(2,3)15-28(25,4)5)14-22-26(17)29(6)16-30(22)18-11-12-20-19-9-7-8-10-23(19)31-24(20)13-18;1-2-6-10(7-3-1)11-8-4-5-9-12-11;/h7-10,12-14,16H,15H2,1-6H3;1-6,8-9H;/q-2;-1;+3. The molecule has 0 fully saturated rings. The topological polar surface area (TPSA) is 32.5 Å². The minimum absolute atomic E-state index is 0. The summed E-state index contributed by atoms with van der Waals surface area (Å²) in [6.07, 6.45) is 2.96. The van der Waals surface area contributed by atoms with Crippen molar-refractivity contribution in [3.63, 3.8) is 0 Å². The van der Waals surface area contributed by atoms with E-state index in [1.165, 1.54) is 34.5 Å². The van der Waals surface area contributed by atoms with Crippen LogP contribution in [0.15, 0.2) is 95.5 Å². The minimum Gasteiger partial charge on any atom is -0.504 e. The first-order chi connectivity index (χ1) is 20.6. The van der Waals surface area contributed by atoms with Gasteiger partial charge in [-0.3, -0.25) is 0 Å². The van der Waals surface area contributed by atoms with Crippen molar-refractivity contribution in [1.29, 1.82) is 0 Å². The number of rotatable bonds is 2. The summed E-state index contributed by atoms with van der Waals surface area (Å²) in [5, 5.41) is 2.25. The van der Waals surface area contributed by atoms with Crippen LogP contribution < -0.4 is 9.80 Å². The average Bonchev–Trinajstić information content (AvgIpc) is 3.60. The molecule has 2 aromatic heterocycles. The van der Waals surface area contributed by atoms with Crippen LogP contribution in [-0.4, -0.2) is 12.0 Å². The van der Waals surface area contributed by atoms with Crippen LogP contribution in [0.5, 0.6) is 0 Å². The second-order valence-electron chi connectivity index (χ2n) is 13.0. The summed E-state index contributed by atoms with van der Waals surface area (Å²) < 4.78 is 6.15. The van der Waals surface area contributed by atoms with E-state index >= 15 is 0 Å². The van der Waals surface area contributed by atoms with Crippen molar-refractivity contribution in [3.05, 3.63) is 127 Å². The number of anilines is 3. The first-order valence-corrected chi connectivity index (χ1v) is 14.9. The van der Waals surface area contributed by atoms with Crippen molar-refractivity contribution >= 4 is 39.0 Å². The van der Waals surface area contributed by atoms with E-state index in [0.717, 1.165) is 38.9 Å². The Kier molecular flexibility index (Phi) is 7.68. The molecule has 1 aliphatic heterocycles. The maximum atomic E-state index is 6.15. The molecule has 0 N–H and O–H groups in total. The molecule has 0 amide bonds. The van der Waals surface area contributed by atoms with Crippen LogP contribution >= 0.6 is 0 Å². The third kappa shape index (κ3) is 5.02. The molecule has 1 aliphatic carbocycles. The zero-order valence-corrected chi connectivity index (χ0v) is 28.4. The number of furan rings is 1. The molecular weight excluding hydrogens is 719 g/mol. The van der Waals surface area contributed by atoms with Crippen LogP contribution in [0, 0.1) is 25.7 Å². The van der Waals surface area contributed by atoms with Gasteiger partial charge in [-0.15, -0.1) is 47.6 Å². The molecule has 0 saturated carbocycles. The normalized spacial score (nSPS) is 15.9. The zero-order valence-electron chi connectivity index (χ0n) is 26.0. The van der Waals surface area contributed by atoms with Gasteiger partial charge in [0.15, 0.2) is 0 Å².